The third kappa shape index (κ3) is 7.09. The Morgan fingerprint density at radius 2 is 2.00 bits per heavy atom. The van der Waals surface area contributed by atoms with Crippen molar-refractivity contribution in [2.75, 3.05) is 19.1 Å². The summed E-state index contributed by atoms with van der Waals surface area (Å²) in [5, 5.41) is 0. The van der Waals surface area contributed by atoms with Crippen molar-refractivity contribution in [3.8, 4) is 0 Å². The van der Waals surface area contributed by atoms with Gasteiger partial charge in [-0.3, -0.25) is 0 Å². The molecule has 0 aromatic heterocycles. The maximum absolute atomic E-state index is 5.52. The number of hydrogen-bond donors (Lipinski definition) is 0. The molecule has 0 unspecified atom stereocenters. The number of hydrogen-bond acceptors (Lipinski definition) is 1. The molecule has 0 aliphatic heterocycles. The van der Waals surface area contributed by atoms with Gasteiger partial charge < -0.3 is 4.74 Å². The van der Waals surface area contributed by atoms with E-state index in [-0.39, 0.29) is 5.41 Å². The molecule has 0 saturated carbocycles. The Hall–Kier alpha value is -0.0100. The minimum Gasteiger partial charge on any atom is -0.377 e. The molecule has 0 N–H and O–H groups in total. The molecule has 0 rings (SSSR count). The molecule has 0 heterocycles. The average Bonchev–Trinajstić information content (AvgIpc) is 2.02. The van der Waals surface area contributed by atoms with Gasteiger partial charge in [0.15, 0.2) is 0 Å². The molecule has 0 aliphatic carbocycles. The second-order valence-corrected chi connectivity index (χ2v) is 4.63. The minimum absolute atomic E-state index is 0.260. The minimum atomic E-state index is 0.260. The van der Waals surface area contributed by atoms with Crippen molar-refractivity contribution < 1.29 is 4.74 Å². The van der Waals surface area contributed by atoms with Crippen molar-refractivity contribution >= 4 is 11.6 Å². The first-order valence-electron chi connectivity index (χ1n) is 4.79. The van der Waals surface area contributed by atoms with Crippen LogP contribution in [0.5, 0.6) is 0 Å². The summed E-state index contributed by atoms with van der Waals surface area (Å²) in [5.74, 6) is 0.683. The Bertz CT molecular complexity index is 156. The van der Waals surface area contributed by atoms with Gasteiger partial charge >= 0.3 is 0 Å². The fourth-order valence-corrected chi connectivity index (χ4v) is 0.839. The van der Waals surface area contributed by atoms with Crippen LogP contribution in [0.15, 0.2) is 11.6 Å². The molecule has 0 atom stereocenters. The maximum atomic E-state index is 5.52. The Morgan fingerprint density at radius 1 is 1.38 bits per heavy atom. The molecule has 0 fully saturated rings. The standard InChI is InChI=1S/C11H21ClO/c1-10(11(2,3)4)6-9-13-8-5-7-12/h6H,5,7-9H2,1-4H3/b10-6+. The number of rotatable bonds is 5. The molecule has 0 aromatic carbocycles. The topological polar surface area (TPSA) is 9.23 Å². The highest BCUT2D eigenvalue weighted by molar-refractivity contribution is 6.17. The summed E-state index contributed by atoms with van der Waals surface area (Å²) in [5.41, 5.74) is 1.63. The second kappa shape index (κ2) is 6.44. The van der Waals surface area contributed by atoms with Crippen molar-refractivity contribution in [2.45, 2.75) is 34.1 Å². The average molecular weight is 205 g/mol. The zero-order valence-electron chi connectivity index (χ0n) is 9.19. The van der Waals surface area contributed by atoms with Crippen LogP contribution in [0.4, 0.5) is 0 Å². The predicted molar refractivity (Wildman–Crippen MR) is 59.4 cm³/mol. The molecule has 0 aromatic rings. The molecular formula is C11H21ClO. The number of allylic oxidation sites excluding steroid dienone is 1. The van der Waals surface area contributed by atoms with Gasteiger partial charge in [-0.2, -0.15) is 0 Å². The van der Waals surface area contributed by atoms with Crippen LogP contribution in [0.2, 0.25) is 0 Å². The van der Waals surface area contributed by atoms with Gasteiger partial charge in [0, 0.05) is 12.5 Å². The van der Waals surface area contributed by atoms with Gasteiger partial charge in [-0.05, 0) is 18.8 Å². The Balaban J connectivity index is 3.60. The van der Waals surface area contributed by atoms with Gasteiger partial charge in [-0.25, -0.2) is 0 Å². The van der Waals surface area contributed by atoms with Crippen LogP contribution in [-0.2, 0) is 4.74 Å². The Kier molecular flexibility index (Phi) is 6.44. The summed E-state index contributed by atoms with van der Waals surface area (Å²) < 4.78 is 5.38. The molecule has 0 bridgehead atoms. The normalized spacial score (nSPS) is 13.5. The van der Waals surface area contributed by atoms with E-state index in [2.05, 4.69) is 33.8 Å². The lowest BCUT2D eigenvalue weighted by Crippen LogP contribution is -2.07. The summed E-state index contributed by atoms with van der Waals surface area (Å²) in [6.07, 6.45) is 3.08. The fourth-order valence-electron chi connectivity index (χ4n) is 0.730. The van der Waals surface area contributed by atoms with Gasteiger partial charge in [-0.15, -0.1) is 11.6 Å². The molecule has 0 radical (unpaired) electrons. The van der Waals surface area contributed by atoms with Crippen LogP contribution in [0.25, 0.3) is 0 Å². The van der Waals surface area contributed by atoms with Crippen LogP contribution in [-0.4, -0.2) is 19.1 Å². The highest BCUT2D eigenvalue weighted by atomic mass is 35.5. The molecule has 78 valence electrons. The van der Waals surface area contributed by atoms with Crippen molar-refractivity contribution in [3.63, 3.8) is 0 Å². The Labute approximate surface area is 87.1 Å². The van der Waals surface area contributed by atoms with Crippen LogP contribution < -0.4 is 0 Å². The van der Waals surface area contributed by atoms with E-state index in [1.54, 1.807) is 0 Å². The first-order chi connectivity index (χ1) is 5.98. The predicted octanol–water partition coefficient (Wildman–Crippen LogP) is 3.62. The number of ether oxygens (including phenoxy) is 1. The largest absolute Gasteiger partial charge is 0.377 e. The summed E-state index contributed by atoms with van der Waals surface area (Å²) >= 11 is 5.52. The number of halogens is 1. The maximum Gasteiger partial charge on any atom is 0.0650 e. The first-order valence-corrected chi connectivity index (χ1v) is 5.33. The lowest BCUT2D eigenvalue weighted by Gasteiger charge is -2.19. The summed E-state index contributed by atoms with van der Waals surface area (Å²) in [7, 11) is 0. The molecule has 0 spiro atoms. The van der Waals surface area contributed by atoms with Gasteiger partial charge in [-0.1, -0.05) is 32.4 Å². The van der Waals surface area contributed by atoms with Gasteiger partial charge in [0.1, 0.15) is 0 Å². The highest BCUT2D eigenvalue weighted by Gasteiger charge is 2.11. The number of alkyl halides is 1. The second-order valence-electron chi connectivity index (χ2n) is 4.25. The van der Waals surface area contributed by atoms with E-state index in [0.717, 1.165) is 13.0 Å². The molecule has 1 nitrogen and oxygen atoms in total. The highest BCUT2D eigenvalue weighted by Crippen LogP contribution is 2.23. The fraction of sp³-hybridized carbons (Fsp3) is 0.818. The smallest absolute Gasteiger partial charge is 0.0650 e. The molecular weight excluding hydrogens is 184 g/mol. The van der Waals surface area contributed by atoms with Crippen molar-refractivity contribution in [1.82, 2.24) is 0 Å². The summed E-state index contributed by atoms with van der Waals surface area (Å²) in [6, 6.07) is 0. The van der Waals surface area contributed by atoms with E-state index in [9.17, 15) is 0 Å². The Morgan fingerprint density at radius 3 is 2.46 bits per heavy atom. The zero-order chi connectivity index (χ0) is 10.3. The van der Waals surface area contributed by atoms with E-state index in [1.807, 2.05) is 0 Å². The SMILES string of the molecule is C/C(=C\COCCCCl)C(C)(C)C. The quantitative estimate of drug-likeness (QED) is 0.378. The van der Waals surface area contributed by atoms with Crippen LogP contribution in [0.1, 0.15) is 34.1 Å². The lowest BCUT2D eigenvalue weighted by molar-refractivity contribution is 0.162. The van der Waals surface area contributed by atoms with Crippen molar-refractivity contribution in [2.24, 2.45) is 5.41 Å². The zero-order valence-corrected chi connectivity index (χ0v) is 9.95. The summed E-state index contributed by atoms with van der Waals surface area (Å²) in [4.78, 5) is 0. The van der Waals surface area contributed by atoms with Crippen LogP contribution in [0, 0.1) is 5.41 Å². The van der Waals surface area contributed by atoms with Gasteiger partial charge in [0.05, 0.1) is 6.61 Å². The van der Waals surface area contributed by atoms with E-state index in [4.69, 9.17) is 16.3 Å². The first kappa shape index (κ1) is 13.0. The van der Waals surface area contributed by atoms with Crippen molar-refractivity contribution in [3.05, 3.63) is 11.6 Å². The monoisotopic (exact) mass is 204 g/mol. The van der Waals surface area contributed by atoms with Crippen LogP contribution >= 0.6 is 11.6 Å². The molecule has 13 heavy (non-hydrogen) atoms. The van der Waals surface area contributed by atoms with Crippen LogP contribution in [0.3, 0.4) is 0 Å². The third-order valence-corrected chi connectivity index (χ3v) is 2.38. The molecule has 2 heteroatoms. The lowest BCUT2D eigenvalue weighted by atomic mass is 9.87. The van der Waals surface area contributed by atoms with E-state index < -0.39 is 0 Å². The molecule has 0 saturated heterocycles. The van der Waals surface area contributed by atoms with E-state index in [0.29, 0.717) is 12.5 Å². The van der Waals surface area contributed by atoms with Gasteiger partial charge in [0.25, 0.3) is 0 Å². The van der Waals surface area contributed by atoms with Gasteiger partial charge in [0.2, 0.25) is 0 Å². The molecule has 0 amide bonds. The van der Waals surface area contributed by atoms with Crippen molar-refractivity contribution in [1.29, 1.82) is 0 Å². The third-order valence-electron chi connectivity index (χ3n) is 2.11. The molecule has 0 aliphatic rings. The summed E-state index contributed by atoms with van der Waals surface area (Å²) in [6.45, 7) is 10.2. The van der Waals surface area contributed by atoms with E-state index >= 15 is 0 Å². The van der Waals surface area contributed by atoms with E-state index in [1.165, 1.54) is 5.57 Å².